The van der Waals surface area contributed by atoms with Gasteiger partial charge >= 0.3 is 5.97 Å². The predicted molar refractivity (Wildman–Crippen MR) is 93.6 cm³/mol. The average molecular weight is 330 g/mol. The molecule has 0 saturated carbocycles. The largest absolute Gasteiger partial charge is 0.466 e. The molecule has 1 aromatic carbocycles. The fourth-order valence-corrected chi connectivity index (χ4v) is 2.17. The molecule has 0 fully saturated rings. The zero-order chi connectivity index (χ0) is 18.2. The van der Waals surface area contributed by atoms with Crippen LogP contribution in [0.2, 0.25) is 0 Å². The molecule has 24 heavy (non-hydrogen) atoms. The van der Waals surface area contributed by atoms with Crippen molar-refractivity contribution in [3.8, 4) is 6.07 Å². The van der Waals surface area contributed by atoms with Crippen LogP contribution in [-0.4, -0.2) is 25.0 Å². The molecule has 1 amide bonds. The first kappa shape index (κ1) is 19.7. The summed E-state index contributed by atoms with van der Waals surface area (Å²) in [7, 11) is 0. The molecule has 0 unspecified atom stereocenters. The van der Waals surface area contributed by atoms with E-state index in [-0.39, 0.29) is 36.7 Å². The van der Waals surface area contributed by atoms with E-state index in [4.69, 9.17) is 10.00 Å². The molecule has 0 radical (unpaired) electrons. The van der Waals surface area contributed by atoms with Crippen molar-refractivity contribution in [3.05, 3.63) is 29.8 Å². The maximum atomic E-state index is 12.4. The molecule has 0 aliphatic heterocycles. The van der Waals surface area contributed by atoms with Crippen LogP contribution >= 0.6 is 0 Å². The number of esters is 1. The summed E-state index contributed by atoms with van der Waals surface area (Å²) < 4.78 is 4.97. The van der Waals surface area contributed by atoms with Gasteiger partial charge in [0, 0.05) is 12.1 Å². The highest BCUT2D eigenvalue weighted by molar-refractivity contribution is 5.95. The third-order valence-electron chi connectivity index (χ3n) is 3.59. The van der Waals surface area contributed by atoms with Crippen LogP contribution in [0.3, 0.4) is 0 Å². The van der Waals surface area contributed by atoms with Crippen molar-refractivity contribution in [1.82, 2.24) is 0 Å². The smallest absolute Gasteiger partial charge is 0.306 e. The molecule has 0 aliphatic carbocycles. The summed E-state index contributed by atoms with van der Waals surface area (Å²) >= 11 is 0. The van der Waals surface area contributed by atoms with E-state index < -0.39 is 0 Å². The van der Waals surface area contributed by atoms with Crippen LogP contribution < -0.4 is 4.90 Å². The van der Waals surface area contributed by atoms with Gasteiger partial charge in [0.2, 0.25) is 5.91 Å². The van der Waals surface area contributed by atoms with Gasteiger partial charge in [0.1, 0.15) is 6.54 Å². The van der Waals surface area contributed by atoms with Gasteiger partial charge in [-0.2, -0.15) is 5.26 Å². The zero-order valence-corrected chi connectivity index (χ0v) is 15.0. The Hall–Kier alpha value is -2.35. The van der Waals surface area contributed by atoms with Crippen LogP contribution in [0.4, 0.5) is 5.69 Å². The normalized spacial score (nSPS) is 10.8. The SMILES string of the molecule is CCCOC(=O)CCC(=O)N(CC#N)c1ccc(C(C)(C)C)cc1. The van der Waals surface area contributed by atoms with Gasteiger partial charge in [0.05, 0.1) is 19.1 Å². The summed E-state index contributed by atoms with van der Waals surface area (Å²) in [5.41, 5.74) is 1.83. The van der Waals surface area contributed by atoms with Crippen molar-refractivity contribution in [2.24, 2.45) is 0 Å². The third kappa shape index (κ3) is 6.04. The number of amides is 1. The Morgan fingerprint density at radius 1 is 1.17 bits per heavy atom. The van der Waals surface area contributed by atoms with Gasteiger partial charge in [0.15, 0.2) is 0 Å². The summed E-state index contributed by atoms with van der Waals surface area (Å²) in [6, 6.07) is 9.60. The van der Waals surface area contributed by atoms with Crippen molar-refractivity contribution in [1.29, 1.82) is 5.26 Å². The summed E-state index contributed by atoms with van der Waals surface area (Å²) in [6.07, 6.45) is 0.812. The molecule has 0 heterocycles. The summed E-state index contributed by atoms with van der Waals surface area (Å²) in [6.45, 7) is 8.57. The van der Waals surface area contributed by atoms with Crippen LogP contribution in [-0.2, 0) is 19.7 Å². The second-order valence-corrected chi connectivity index (χ2v) is 6.66. The van der Waals surface area contributed by atoms with Gasteiger partial charge in [-0.1, -0.05) is 39.8 Å². The van der Waals surface area contributed by atoms with E-state index in [1.165, 1.54) is 4.90 Å². The second kappa shape index (κ2) is 9.07. The first-order valence-electron chi connectivity index (χ1n) is 8.23. The van der Waals surface area contributed by atoms with Crippen molar-refractivity contribution >= 4 is 17.6 Å². The van der Waals surface area contributed by atoms with Crippen LogP contribution in [0, 0.1) is 11.3 Å². The summed E-state index contributed by atoms with van der Waals surface area (Å²) in [4.78, 5) is 25.3. The predicted octanol–water partition coefficient (Wildman–Crippen LogP) is 3.57. The third-order valence-corrected chi connectivity index (χ3v) is 3.59. The molecule has 0 spiro atoms. The number of nitriles is 1. The maximum Gasteiger partial charge on any atom is 0.306 e. The quantitative estimate of drug-likeness (QED) is 0.566. The lowest BCUT2D eigenvalue weighted by atomic mass is 9.87. The van der Waals surface area contributed by atoms with E-state index in [2.05, 4.69) is 20.8 Å². The molecule has 0 atom stereocenters. The Labute approximate surface area is 144 Å². The zero-order valence-electron chi connectivity index (χ0n) is 15.0. The Morgan fingerprint density at radius 3 is 2.29 bits per heavy atom. The molecular weight excluding hydrogens is 304 g/mol. The van der Waals surface area contributed by atoms with Crippen LogP contribution in [0.15, 0.2) is 24.3 Å². The molecule has 5 heteroatoms. The van der Waals surface area contributed by atoms with E-state index in [1.54, 1.807) is 0 Å². The first-order chi connectivity index (χ1) is 11.3. The topological polar surface area (TPSA) is 70.4 Å². The van der Waals surface area contributed by atoms with Crippen molar-refractivity contribution in [2.75, 3.05) is 18.1 Å². The molecular formula is C19H26N2O3. The first-order valence-corrected chi connectivity index (χ1v) is 8.23. The summed E-state index contributed by atoms with van der Waals surface area (Å²) in [5.74, 6) is -0.640. The Balaban J connectivity index is 2.77. The standard InChI is InChI=1S/C19H26N2O3/c1-5-14-24-18(23)11-10-17(22)21(13-12-20)16-8-6-15(7-9-16)19(2,3)4/h6-9H,5,10-11,13-14H2,1-4H3. The van der Waals surface area contributed by atoms with Crippen LogP contribution in [0.5, 0.6) is 0 Å². The average Bonchev–Trinajstić information content (AvgIpc) is 2.55. The minimum absolute atomic E-state index is 0.0195. The number of carbonyl (C=O) groups is 2. The lowest BCUT2D eigenvalue weighted by Gasteiger charge is -2.23. The molecule has 1 aromatic rings. The summed E-state index contributed by atoms with van der Waals surface area (Å²) in [5, 5.41) is 8.99. The maximum absolute atomic E-state index is 12.4. The van der Waals surface area contributed by atoms with Gasteiger partial charge in [-0.3, -0.25) is 14.5 Å². The van der Waals surface area contributed by atoms with Gasteiger partial charge in [-0.15, -0.1) is 0 Å². The number of hydrogen-bond donors (Lipinski definition) is 0. The van der Waals surface area contributed by atoms with E-state index >= 15 is 0 Å². The number of benzene rings is 1. The van der Waals surface area contributed by atoms with Crippen LogP contribution in [0.1, 0.15) is 52.5 Å². The number of rotatable bonds is 7. The number of hydrogen-bond acceptors (Lipinski definition) is 4. The van der Waals surface area contributed by atoms with Crippen molar-refractivity contribution in [2.45, 2.75) is 52.4 Å². The fourth-order valence-electron chi connectivity index (χ4n) is 2.17. The van der Waals surface area contributed by atoms with E-state index in [9.17, 15) is 9.59 Å². The Morgan fingerprint density at radius 2 is 1.79 bits per heavy atom. The minimum atomic E-state index is -0.384. The number of carbonyl (C=O) groups excluding carboxylic acids is 2. The Kier molecular flexibility index (Phi) is 7.44. The second-order valence-electron chi connectivity index (χ2n) is 6.66. The molecule has 130 valence electrons. The van der Waals surface area contributed by atoms with Crippen molar-refractivity contribution < 1.29 is 14.3 Å². The highest BCUT2D eigenvalue weighted by Crippen LogP contribution is 2.25. The lowest BCUT2D eigenvalue weighted by molar-refractivity contribution is -0.144. The molecule has 0 saturated heterocycles. The highest BCUT2D eigenvalue weighted by atomic mass is 16.5. The number of anilines is 1. The number of nitrogens with zero attached hydrogens (tertiary/aromatic N) is 2. The van der Waals surface area contributed by atoms with Gasteiger partial charge in [0.25, 0.3) is 0 Å². The van der Waals surface area contributed by atoms with E-state index in [0.717, 1.165) is 12.0 Å². The van der Waals surface area contributed by atoms with Gasteiger partial charge in [-0.05, 0) is 29.5 Å². The highest BCUT2D eigenvalue weighted by Gasteiger charge is 2.19. The molecule has 0 bridgehead atoms. The lowest BCUT2D eigenvalue weighted by Crippen LogP contribution is -2.31. The number of ether oxygens (including phenoxy) is 1. The van der Waals surface area contributed by atoms with Gasteiger partial charge < -0.3 is 4.74 Å². The fraction of sp³-hybridized carbons (Fsp3) is 0.526. The molecule has 5 nitrogen and oxygen atoms in total. The molecule has 0 N–H and O–H groups in total. The molecule has 0 aliphatic rings. The van der Waals surface area contributed by atoms with Crippen molar-refractivity contribution in [3.63, 3.8) is 0 Å². The van der Waals surface area contributed by atoms with Gasteiger partial charge in [-0.25, -0.2) is 0 Å². The Bertz CT molecular complexity index is 595. The monoisotopic (exact) mass is 330 g/mol. The molecule has 1 rings (SSSR count). The molecule has 0 aromatic heterocycles. The van der Waals surface area contributed by atoms with Crippen LogP contribution in [0.25, 0.3) is 0 Å². The minimum Gasteiger partial charge on any atom is -0.466 e. The van der Waals surface area contributed by atoms with E-state index in [1.807, 2.05) is 37.3 Å². The van der Waals surface area contributed by atoms with E-state index in [0.29, 0.717) is 12.3 Å².